The van der Waals surface area contributed by atoms with E-state index in [4.69, 9.17) is 16.3 Å². The molecule has 0 spiro atoms. The Morgan fingerprint density at radius 2 is 1.55 bits per heavy atom. The monoisotopic (exact) mass is 419 g/mol. The molecule has 2 N–H and O–H groups in total. The zero-order valence-corrected chi connectivity index (χ0v) is 16.9. The van der Waals surface area contributed by atoms with Crippen LogP contribution in [0.1, 0.15) is 36.5 Å². The van der Waals surface area contributed by atoms with Gasteiger partial charge >= 0.3 is 18.0 Å². The van der Waals surface area contributed by atoms with Gasteiger partial charge < -0.3 is 19.9 Å². The van der Waals surface area contributed by atoms with E-state index in [-0.39, 0.29) is 12.8 Å². The van der Waals surface area contributed by atoms with Crippen molar-refractivity contribution in [3.63, 3.8) is 0 Å². The van der Waals surface area contributed by atoms with Crippen LogP contribution in [-0.4, -0.2) is 29.9 Å². The standard InChI is InChI=1S/C21H22ClNO6/c1-14-3-5-16(6-4-14)21(12-11-19(25)26,17-7-9-18(22)10-8-17)23-20(27)29-13-28-15(2)24/h3-10H,11-13H2,1-2H3,(H,23,27)(H,25,26). The first kappa shape index (κ1) is 22.2. The number of nitrogens with one attached hydrogen (secondary N) is 1. The highest BCUT2D eigenvalue weighted by Crippen LogP contribution is 2.35. The van der Waals surface area contributed by atoms with Crippen molar-refractivity contribution in [3.05, 3.63) is 70.2 Å². The maximum absolute atomic E-state index is 12.5. The molecule has 0 aliphatic rings. The van der Waals surface area contributed by atoms with Crippen LogP contribution in [0, 0.1) is 6.92 Å². The van der Waals surface area contributed by atoms with Gasteiger partial charge in [-0.1, -0.05) is 53.6 Å². The minimum Gasteiger partial charge on any atom is -0.481 e. The average Bonchev–Trinajstić information content (AvgIpc) is 2.66. The van der Waals surface area contributed by atoms with Gasteiger partial charge in [-0.2, -0.15) is 0 Å². The molecular formula is C21H22ClNO6. The van der Waals surface area contributed by atoms with Gasteiger partial charge in [-0.05, 0) is 36.6 Å². The number of carboxylic acids is 1. The van der Waals surface area contributed by atoms with Gasteiger partial charge in [0.05, 0.1) is 5.54 Å². The summed E-state index contributed by atoms with van der Waals surface area (Å²) in [6, 6.07) is 14.1. The maximum atomic E-state index is 12.5. The van der Waals surface area contributed by atoms with Gasteiger partial charge in [0, 0.05) is 18.4 Å². The van der Waals surface area contributed by atoms with Crippen molar-refractivity contribution in [2.75, 3.05) is 6.79 Å². The first-order valence-corrected chi connectivity index (χ1v) is 9.24. The molecule has 0 bridgehead atoms. The molecule has 2 aromatic carbocycles. The zero-order valence-electron chi connectivity index (χ0n) is 16.1. The molecule has 0 saturated heterocycles. The molecule has 0 saturated carbocycles. The van der Waals surface area contributed by atoms with E-state index in [1.165, 1.54) is 6.92 Å². The first-order chi connectivity index (χ1) is 13.7. The van der Waals surface area contributed by atoms with E-state index in [0.717, 1.165) is 5.56 Å². The molecule has 0 aliphatic carbocycles. The molecule has 0 heterocycles. The van der Waals surface area contributed by atoms with Gasteiger partial charge in [-0.15, -0.1) is 0 Å². The molecule has 7 nitrogen and oxygen atoms in total. The Labute approximate surface area is 173 Å². The van der Waals surface area contributed by atoms with E-state index in [1.54, 1.807) is 24.3 Å². The number of esters is 1. The molecule has 2 aromatic rings. The average molecular weight is 420 g/mol. The Bertz CT molecular complexity index is 818. The van der Waals surface area contributed by atoms with Crippen molar-refractivity contribution in [3.8, 4) is 0 Å². The fraction of sp³-hybridized carbons (Fsp3) is 0.286. The summed E-state index contributed by atoms with van der Waals surface area (Å²) in [7, 11) is 0. The molecule has 1 amide bonds. The van der Waals surface area contributed by atoms with E-state index in [1.807, 2.05) is 31.2 Å². The molecular weight excluding hydrogens is 398 g/mol. The third-order valence-corrected chi connectivity index (χ3v) is 4.61. The van der Waals surface area contributed by atoms with E-state index >= 15 is 0 Å². The number of amides is 1. The zero-order chi connectivity index (χ0) is 21.4. The summed E-state index contributed by atoms with van der Waals surface area (Å²) in [5, 5.41) is 12.5. The number of hydrogen-bond acceptors (Lipinski definition) is 5. The first-order valence-electron chi connectivity index (χ1n) is 8.86. The summed E-state index contributed by atoms with van der Waals surface area (Å²) in [4.78, 5) is 34.7. The van der Waals surface area contributed by atoms with Gasteiger partial charge in [0.25, 0.3) is 0 Å². The predicted molar refractivity (Wildman–Crippen MR) is 107 cm³/mol. The molecule has 1 atom stereocenters. The second-order valence-electron chi connectivity index (χ2n) is 6.48. The van der Waals surface area contributed by atoms with Gasteiger partial charge in [0.15, 0.2) is 0 Å². The number of benzene rings is 2. The molecule has 0 aromatic heterocycles. The number of carbonyl (C=O) groups is 3. The van der Waals surface area contributed by atoms with Crippen LogP contribution >= 0.6 is 11.6 Å². The highest BCUT2D eigenvalue weighted by atomic mass is 35.5. The lowest BCUT2D eigenvalue weighted by Crippen LogP contribution is -2.47. The molecule has 2 rings (SSSR count). The van der Waals surface area contributed by atoms with Crippen molar-refractivity contribution < 1.29 is 29.0 Å². The Kier molecular flexibility index (Phi) is 7.61. The van der Waals surface area contributed by atoms with Crippen LogP contribution < -0.4 is 5.32 Å². The Hall–Kier alpha value is -3.06. The van der Waals surface area contributed by atoms with Crippen LogP contribution in [0.5, 0.6) is 0 Å². The van der Waals surface area contributed by atoms with E-state index in [0.29, 0.717) is 16.1 Å². The smallest absolute Gasteiger partial charge is 0.411 e. The van der Waals surface area contributed by atoms with Crippen molar-refractivity contribution in [2.24, 2.45) is 0 Å². The van der Waals surface area contributed by atoms with E-state index in [9.17, 15) is 19.5 Å². The number of carboxylic acid groups (broad SMARTS) is 1. The van der Waals surface area contributed by atoms with E-state index < -0.39 is 30.4 Å². The lowest BCUT2D eigenvalue weighted by molar-refractivity contribution is -0.149. The van der Waals surface area contributed by atoms with Crippen molar-refractivity contribution in [1.82, 2.24) is 5.32 Å². The summed E-state index contributed by atoms with van der Waals surface area (Å²) >= 11 is 6.01. The van der Waals surface area contributed by atoms with Gasteiger partial charge in [0.1, 0.15) is 0 Å². The number of aryl methyl sites for hydroxylation is 1. The second kappa shape index (κ2) is 9.93. The molecule has 8 heteroatoms. The number of hydrogen-bond donors (Lipinski definition) is 2. The lowest BCUT2D eigenvalue weighted by atomic mass is 9.79. The Morgan fingerprint density at radius 1 is 1.00 bits per heavy atom. The fourth-order valence-corrected chi connectivity index (χ4v) is 3.03. The quantitative estimate of drug-likeness (QED) is 0.495. The maximum Gasteiger partial charge on any atom is 0.411 e. The molecule has 29 heavy (non-hydrogen) atoms. The highest BCUT2D eigenvalue weighted by molar-refractivity contribution is 6.30. The molecule has 0 radical (unpaired) electrons. The van der Waals surface area contributed by atoms with Crippen molar-refractivity contribution >= 4 is 29.6 Å². The van der Waals surface area contributed by atoms with Crippen LogP contribution in [0.2, 0.25) is 5.02 Å². The Morgan fingerprint density at radius 3 is 2.07 bits per heavy atom. The predicted octanol–water partition coefficient (Wildman–Crippen LogP) is 4.00. The summed E-state index contributed by atoms with van der Waals surface area (Å²) in [6.45, 7) is 2.56. The lowest BCUT2D eigenvalue weighted by Gasteiger charge is -2.35. The van der Waals surface area contributed by atoms with Crippen molar-refractivity contribution in [2.45, 2.75) is 32.2 Å². The van der Waals surface area contributed by atoms with Crippen LogP contribution in [0.3, 0.4) is 0 Å². The number of halogens is 1. The number of alkyl carbamates (subject to hydrolysis) is 1. The number of carbonyl (C=O) groups excluding carboxylic acids is 2. The van der Waals surface area contributed by atoms with E-state index in [2.05, 4.69) is 10.1 Å². The van der Waals surface area contributed by atoms with Crippen molar-refractivity contribution in [1.29, 1.82) is 0 Å². The number of ether oxygens (including phenoxy) is 2. The van der Waals surface area contributed by atoms with Crippen LogP contribution in [-0.2, 0) is 24.6 Å². The van der Waals surface area contributed by atoms with Gasteiger partial charge in [-0.25, -0.2) is 4.79 Å². The van der Waals surface area contributed by atoms with Crippen LogP contribution in [0.4, 0.5) is 4.79 Å². The third kappa shape index (κ3) is 6.22. The molecule has 154 valence electrons. The molecule has 0 fully saturated rings. The minimum absolute atomic E-state index is 0.0652. The normalized spacial score (nSPS) is 12.5. The fourth-order valence-electron chi connectivity index (χ4n) is 2.91. The van der Waals surface area contributed by atoms with Gasteiger partial charge in [-0.3, -0.25) is 9.59 Å². The molecule has 0 aliphatic heterocycles. The molecule has 1 unspecified atom stereocenters. The third-order valence-electron chi connectivity index (χ3n) is 4.36. The highest BCUT2D eigenvalue weighted by Gasteiger charge is 2.37. The second-order valence-corrected chi connectivity index (χ2v) is 6.92. The topological polar surface area (TPSA) is 102 Å². The minimum atomic E-state index is -1.19. The largest absolute Gasteiger partial charge is 0.481 e. The number of aliphatic carboxylic acids is 1. The SMILES string of the molecule is CC(=O)OCOC(=O)NC(CCC(=O)O)(c1ccc(C)cc1)c1ccc(Cl)cc1. The van der Waals surface area contributed by atoms with Crippen LogP contribution in [0.15, 0.2) is 48.5 Å². The summed E-state index contributed by atoms with van der Waals surface area (Å²) < 4.78 is 9.57. The summed E-state index contributed by atoms with van der Waals surface area (Å²) in [5.74, 6) is -1.60. The summed E-state index contributed by atoms with van der Waals surface area (Å²) in [6.07, 6.45) is -0.997. The number of rotatable bonds is 8. The Balaban J connectivity index is 2.47. The summed E-state index contributed by atoms with van der Waals surface area (Å²) in [5.41, 5.74) is 1.13. The van der Waals surface area contributed by atoms with Crippen LogP contribution in [0.25, 0.3) is 0 Å². The van der Waals surface area contributed by atoms with Gasteiger partial charge in [0.2, 0.25) is 6.79 Å².